The molecule has 0 unspecified atom stereocenters. The van der Waals surface area contributed by atoms with Crippen molar-refractivity contribution in [3.8, 4) is 0 Å². The number of hydrogen-bond donors (Lipinski definition) is 2. The Morgan fingerprint density at radius 1 is 1.21 bits per heavy atom. The van der Waals surface area contributed by atoms with E-state index < -0.39 is 34.4 Å². The Bertz CT molecular complexity index is 831. The van der Waals surface area contributed by atoms with Crippen molar-refractivity contribution >= 4 is 28.7 Å². The first-order valence-electron chi connectivity index (χ1n) is 8.90. The summed E-state index contributed by atoms with van der Waals surface area (Å²) in [5.41, 5.74) is -0.519. The fraction of sp³-hybridized carbons (Fsp3) is 0.500. The van der Waals surface area contributed by atoms with E-state index >= 15 is 0 Å². The van der Waals surface area contributed by atoms with Crippen LogP contribution in [-0.2, 0) is 24.1 Å². The van der Waals surface area contributed by atoms with Gasteiger partial charge in [0.15, 0.2) is 0 Å². The van der Waals surface area contributed by atoms with Gasteiger partial charge in [-0.3, -0.25) is 0 Å². The van der Waals surface area contributed by atoms with Crippen LogP contribution in [0.5, 0.6) is 0 Å². The molecule has 154 valence electrons. The van der Waals surface area contributed by atoms with Crippen molar-refractivity contribution in [3.05, 3.63) is 36.6 Å². The molecule has 1 aromatic rings. The normalized spacial score (nSPS) is 16.6. The molecular formula is C18H27BN2O6S. The molecule has 28 heavy (non-hydrogen) atoms. The molecule has 2 N–H and O–H groups in total. The number of sulfonamides is 1. The van der Waals surface area contributed by atoms with Crippen molar-refractivity contribution in [1.82, 2.24) is 10.0 Å². The Kier molecular flexibility index (Phi) is 6.47. The molecule has 1 aliphatic rings. The van der Waals surface area contributed by atoms with Crippen LogP contribution in [0.25, 0.3) is 0 Å². The molecular weight excluding hydrogens is 383 g/mol. The molecule has 0 aliphatic carbocycles. The third kappa shape index (κ3) is 5.98. The highest BCUT2D eigenvalue weighted by Crippen LogP contribution is 2.29. The first-order valence-corrected chi connectivity index (χ1v) is 10.4. The highest BCUT2D eigenvalue weighted by atomic mass is 32.2. The van der Waals surface area contributed by atoms with Gasteiger partial charge in [0.1, 0.15) is 11.2 Å². The number of carbonyl (C=O) groups excluding carboxylic acids is 1. The molecule has 1 aliphatic heterocycles. The molecule has 0 saturated carbocycles. The van der Waals surface area contributed by atoms with Crippen LogP contribution in [0.2, 0.25) is 0 Å². The molecule has 8 nitrogen and oxygen atoms in total. The summed E-state index contributed by atoms with van der Waals surface area (Å²) in [5, 5.41) is 2.49. The maximum absolute atomic E-state index is 12.4. The van der Waals surface area contributed by atoms with Gasteiger partial charge in [-0.25, -0.2) is 17.9 Å². The van der Waals surface area contributed by atoms with E-state index in [1.807, 2.05) is 13.8 Å². The minimum absolute atomic E-state index is 0.0339. The second-order valence-electron chi connectivity index (χ2n) is 7.90. The molecule has 10 heteroatoms. The maximum atomic E-state index is 12.4. The molecule has 0 atom stereocenters. The topological polar surface area (TPSA) is 103 Å². The molecule has 2 rings (SSSR count). The van der Waals surface area contributed by atoms with Crippen LogP contribution >= 0.6 is 0 Å². The van der Waals surface area contributed by atoms with Crippen LogP contribution in [0.1, 0.15) is 34.6 Å². The van der Waals surface area contributed by atoms with Crippen molar-refractivity contribution < 1.29 is 27.3 Å². The Balaban J connectivity index is 1.88. The van der Waals surface area contributed by atoms with E-state index in [1.54, 1.807) is 32.9 Å². The predicted molar refractivity (Wildman–Crippen MR) is 107 cm³/mol. The number of hydrogen-bond acceptors (Lipinski definition) is 6. The summed E-state index contributed by atoms with van der Waals surface area (Å²) in [6.45, 7) is 12.9. The van der Waals surface area contributed by atoms with E-state index in [9.17, 15) is 13.2 Å². The van der Waals surface area contributed by atoms with E-state index in [1.165, 1.54) is 12.1 Å². The van der Waals surface area contributed by atoms with Gasteiger partial charge in [0.2, 0.25) is 10.0 Å². The molecule has 1 heterocycles. The lowest BCUT2D eigenvalue weighted by Gasteiger charge is -2.19. The molecule has 0 spiro atoms. The summed E-state index contributed by atoms with van der Waals surface area (Å²) in [7, 11) is -4.33. The second-order valence-corrected chi connectivity index (χ2v) is 9.66. The summed E-state index contributed by atoms with van der Waals surface area (Å²) in [4.78, 5) is 11.6. The first kappa shape index (κ1) is 22.3. The van der Waals surface area contributed by atoms with Crippen molar-refractivity contribution in [2.45, 2.75) is 50.7 Å². The van der Waals surface area contributed by atoms with E-state index in [-0.39, 0.29) is 18.0 Å². The Morgan fingerprint density at radius 2 is 1.82 bits per heavy atom. The SMILES string of the molecule is C=C1OB(c2ccc(S(=O)(=O)NCCNC(=O)OC(C)(C)C)cc2)OC1(C)C. The van der Waals surface area contributed by atoms with Crippen molar-refractivity contribution in [1.29, 1.82) is 0 Å². The number of ether oxygens (including phenoxy) is 1. The Morgan fingerprint density at radius 3 is 2.32 bits per heavy atom. The molecule has 1 saturated heterocycles. The number of nitrogens with one attached hydrogen (secondary N) is 2. The summed E-state index contributed by atoms with van der Waals surface area (Å²) in [6.07, 6.45) is -0.600. The number of alkyl carbamates (subject to hydrolysis) is 1. The van der Waals surface area contributed by atoms with Crippen LogP contribution in [-0.4, -0.2) is 45.9 Å². The van der Waals surface area contributed by atoms with Crippen LogP contribution in [0, 0.1) is 0 Å². The van der Waals surface area contributed by atoms with Crippen LogP contribution < -0.4 is 15.5 Å². The van der Waals surface area contributed by atoms with Crippen molar-refractivity contribution in [2.24, 2.45) is 0 Å². The van der Waals surface area contributed by atoms with Gasteiger partial charge in [-0.15, -0.1) is 0 Å². The smallest absolute Gasteiger partial charge is 0.534 e. The Labute approximate surface area is 166 Å². The van der Waals surface area contributed by atoms with Gasteiger partial charge in [0.25, 0.3) is 0 Å². The van der Waals surface area contributed by atoms with Crippen LogP contribution in [0.3, 0.4) is 0 Å². The largest absolute Gasteiger partial charge is 0.563 e. The zero-order valence-electron chi connectivity index (χ0n) is 16.9. The van der Waals surface area contributed by atoms with Gasteiger partial charge < -0.3 is 19.4 Å². The second kappa shape index (κ2) is 8.14. The van der Waals surface area contributed by atoms with Gasteiger partial charge >= 0.3 is 13.2 Å². The summed E-state index contributed by atoms with van der Waals surface area (Å²) < 4.78 is 43.6. The highest BCUT2D eigenvalue weighted by Gasteiger charge is 2.42. The fourth-order valence-electron chi connectivity index (χ4n) is 2.32. The van der Waals surface area contributed by atoms with Crippen LogP contribution in [0.15, 0.2) is 41.5 Å². The molecule has 0 bridgehead atoms. The van der Waals surface area contributed by atoms with Gasteiger partial charge in [-0.05, 0) is 52.2 Å². The lowest BCUT2D eigenvalue weighted by Crippen LogP contribution is -2.38. The molecule has 0 aromatic heterocycles. The highest BCUT2D eigenvalue weighted by molar-refractivity contribution is 7.89. The van der Waals surface area contributed by atoms with Crippen LogP contribution in [0.4, 0.5) is 4.79 Å². The van der Waals surface area contributed by atoms with Gasteiger partial charge in [-0.2, -0.15) is 0 Å². The summed E-state index contributed by atoms with van der Waals surface area (Å²) in [6, 6.07) is 6.21. The average Bonchev–Trinajstić information content (AvgIpc) is 2.83. The van der Waals surface area contributed by atoms with E-state index in [4.69, 9.17) is 14.0 Å². The van der Waals surface area contributed by atoms with Gasteiger partial charge in [0.05, 0.1) is 10.7 Å². The van der Waals surface area contributed by atoms with Gasteiger partial charge in [-0.1, -0.05) is 18.7 Å². The molecule has 1 fully saturated rings. The lowest BCUT2D eigenvalue weighted by atomic mass is 9.79. The van der Waals surface area contributed by atoms with Crippen molar-refractivity contribution in [2.75, 3.05) is 13.1 Å². The third-order valence-electron chi connectivity index (χ3n) is 3.87. The minimum Gasteiger partial charge on any atom is -0.534 e. The van der Waals surface area contributed by atoms with Gasteiger partial charge in [0, 0.05) is 13.1 Å². The first-order chi connectivity index (χ1) is 12.8. The quantitative estimate of drug-likeness (QED) is 0.545. The van der Waals surface area contributed by atoms with Crippen molar-refractivity contribution in [3.63, 3.8) is 0 Å². The lowest BCUT2D eigenvalue weighted by molar-refractivity contribution is 0.0529. The van der Waals surface area contributed by atoms with E-state index in [0.717, 1.165) is 0 Å². The monoisotopic (exact) mass is 410 g/mol. The van der Waals surface area contributed by atoms with E-state index in [2.05, 4.69) is 16.6 Å². The average molecular weight is 410 g/mol. The molecule has 1 amide bonds. The fourth-order valence-corrected chi connectivity index (χ4v) is 3.35. The third-order valence-corrected chi connectivity index (χ3v) is 5.35. The standard InChI is InChI=1S/C18H27BN2O6S/c1-13-18(5,6)27-19(26-13)14-7-9-15(10-8-14)28(23,24)21-12-11-20-16(22)25-17(2,3)4/h7-10,21H,1,11-12H2,2-6H3,(H,20,22). The zero-order chi connectivity index (χ0) is 21.2. The molecule has 1 aromatic carbocycles. The summed E-state index contributed by atoms with van der Waals surface area (Å²) in [5.74, 6) is 0.522. The number of amides is 1. The number of carbonyl (C=O) groups is 1. The summed E-state index contributed by atoms with van der Waals surface area (Å²) >= 11 is 0. The van der Waals surface area contributed by atoms with E-state index in [0.29, 0.717) is 11.2 Å². The number of benzene rings is 1. The zero-order valence-corrected chi connectivity index (χ0v) is 17.7. The molecule has 0 radical (unpaired) electrons. The predicted octanol–water partition coefficient (Wildman–Crippen LogP) is 1.52. The number of rotatable bonds is 6. The Hall–Kier alpha value is -2.04. The minimum atomic E-state index is -3.71. The maximum Gasteiger partial charge on any atom is 0.563 e.